The van der Waals surface area contributed by atoms with Gasteiger partial charge in [-0.1, -0.05) is 0 Å². The summed E-state index contributed by atoms with van der Waals surface area (Å²) in [5.41, 5.74) is 7.74. The lowest BCUT2D eigenvalue weighted by Gasteiger charge is -2.15. The van der Waals surface area contributed by atoms with E-state index in [2.05, 4.69) is 10.3 Å². The average Bonchev–Trinajstić information content (AvgIpc) is 2.17. The summed E-state index contributed by atoms with van der Waals surface area (Å²) in [6.07, 6.45) is 5.64. The third kappa shape index (κ3) is 1.38. The van der Waals surface area contributed by atoms with Crippen molar-refractivity contribution >= 4 is 11.6 Å². The highest BCUT2D eigenvalue weighted by atomic mass is 16.1. The van der Waals surface area contributed by atoms with Gasteiger partial charge in [0.2, 0.25) is 5.91 Å². The molecule has 4 nitrogen and oxygen atoms in total. The Morgan fingerprint density at radius 3 is 3.23 bits per heavy atom. The molecule has 1 aromatic heterocycles. The third-order valence-electron chi connectivity index (χ3n) is 2.01. The quantitative estimate of drug-likeness (QED) is 0.650. The van der Waals surface area contributed by atoms with E-state index in [1.54, 1.807) is 18.6 Å². The number of carbonyl (C=O) groups is 1. The van der Waals surface area contributed by atoms with Gasteiger partial charge in [-0.2, -0.15) is 0 Å². The van der Waals surface area contributed by atoms with E-state index in [0.717, 1.165) is 11.3 Å². The molecule has 0 spiro atoms. The number of hydrogen-bond donors (Lipinski definition) is 2. The number of carbonyl (C=O) groups excluding carboxylic acids is 1. The molecule has 0 atom stereocenters. The number of primary amides is 1. The van der Waals surface area contributed by atoms with E-state index in [1.807, 2.05) is 6.07 Å². The van der Waals surface area contributed by atoms with Gasteiger partial charge < -0.3 is 11.1 Å². The number of aromatic nitrogens is 1. The van der Waals surface area contributed by atoms with Gasteiger partial charge in [0, 0.05) is 24.4 Å². The maximum Gasteiger partial charge on any atom is 0.246 e. The van der Waals surface area contributed by atoms with Gasteiger partial charge >= 0.3 is 0 Å². The summed E-state index contributed by atoms with van der Waals surface area (Å²) in [4.78, 5) is 14.8. The second-order valence-electron chi connectivity index (χ2n) is 2.89. The number of hydrogen-bond acceptors (Lipinski definition) is 3. The number of amides is 1. The Balaban J connectivity index is 2.33. The largest absolute Gasteiger partial charge is 0.366 e. The van der Waals surface area contributed by atoms with E-state index in [1.165, 1.54) is 0 Å². The Hall–Kier alpha value is -1.84. The minimum absolute atomic E-state index is 0.380. The van der Waals surface area contributed by atoms with E-state index in [9.17, 15) is 4.79 Å². The molecule has 0 saturated carbocycles. The van der Waals surface area contributed by atoms with Crippen LogP contribution in [0.2, 0.25) is 0 Å². The third-order valence-corrected chi connectivity index (χ3v) is 2.01. The molecule has 4 heteroatoms. The zero-order chi connectivity index (χ0) is 9.26. The van der Waals surface area contributed by atoms with Crippen LogP contribution < -0.4 is 11.1 Å². The van der Waals surface area contributed by atoms with Crippen LogP contribution in [0.4, 0.5) is 5.69 Å². The molecule has 0 fully saturated rings. The number of nitrogens with one attached hydrogen (secondary N) is 1. The second-order valence-corrected chi connectivity index (χ2v) is 2.89. The maximum atomic E-state index is 10.9. The van der Waals surface area contributed by atoms with Gasteiger partial charge in [0.25, 0.3) is 0 Å². The Kier molecular flexibility index (Phi) is 1.73. The van der Waals surface area contributed by atoms with Crippen molar-refractivity contribution in [1.29, 1.82) is 0 Å². The van der Waals surface area contributed by atoms with Crippen molar-refractivity contribution in [3.8, 4) is 0 Å². The minimum Gasteiger partial charge on any atom is -0.366 e. The molecular formula is C9H9N3O. The molecular weight excluding hydrogens is 166 g/mol. The smallest absolute Gasteiger partial charge is 0.246 e. The van der Waals surface area contributed by atoms with Crippen molar-refractivity contribution in [3.05, 3.63) is 35.8 Å². The van der Waals surface area contributed by atoms with E-state index in [4.69, 9.17) is 5.73 Å². The Morgan fingerprint density at radius 1 is 1.62 bits per heavy atom. The summed E-state index contributed by atoms with van der Waals surface area (Å²) in [7, 11) is 0. The molecule has 0 unspecified atom stereocenters. The molecule has 1 amide bonds. The molecule has 0 saturated heterocycles. The van der Waals surface area contributed by atoms with Crippen molar-refractivity contribution < 1.29 is 4.79 Å². The molecule has 0 aliphatic carbocycles. The number of rotatable bonds is 1. The van der Waals surface area contributed by atoms with Gasteiger partial charge in [0.15, 0.2) is 0 Å². The van der Waals surface area contributed by atoms with E-state index in [-0.39, 0.29) is 5.91 Å². The maximum absolute atomic E-state index is 10.9. The molecule has 0 bridgehead atoms. The topological polar surface area (TPSA) is 68.0 Å². The summed E-state index contributed by atoms with van der Waals surface area (Å²) in [5, 5.41) is 2.97. The van der Waals surface area contributed by atoms with E-state index >= 15 is 0 Å². The minimum atomic E-state index is -0.380. The Labute approximate surface area is 75.5 Å². The van der Waals surface area contributed by atoms with Crippen LogP contribution in [0, 0.1) is 0 Å². The number of nitrogens with two attached hydrogens (primary N) is 1. The van der Waals surface area contributed by atoms with Crippen molar-refractivity contribution in [2.75, 3.05) is 5.32 Å². The first-order valence-corrected chi connectivity index (χ1v) is 3.95. The summed E-state index contributed by atoms with van der Waals surface area (Å²) >= 11 is 0. The molecule has 0 aromatic carbocycles. The number of nitrogens with zero attached hydrogens (tertiary/aromatic N) is 1. The molecule has 3 N–H and O–H groups in total. The zero-order valence-electron chi connectivity index (χ0n) is 6.95. The Morgan fingerprint density at radius 2 is 2.46 bits per heavy atom. The molecule has 1 aliphatic rings. The van der Waals surface area contributed by atoms with Crippen LogP contribution in [-0.2, 0) is 11.2 Å². The van der Waals surface area contributed by atoms with Gasteiger partial charge in [-0.3, -0.25) is 9.78 Å². The highest BCUT2D eigenvalue weighted by molar-refractivity contribution is 5.93. The van der Waals surface area contributed by atoms with Crippen LogP contribution in [-0.4, -0.2) is 10.9 Å². The average molecular weight is 175 g/mol. The van der Waals surface area contributed by atoms with Crippen LogP contribution >= 0.6 is 0 Å². The van der Waals surface area contributed by atoms with Gasteiger partial charge in [-0.05, 0) is 11.6 Å². The lowest BCUT2D eigenvalue weighted by Crippen LogP contribution is -2.19. The Bertz CT molecular complexity index is 384. The predicted molar refractivity (Wildman–Crippen MR) is 48.8 cm³/mol. The number of fused-ring (bicyclic) bond motifs is 1. The summed E-state index contributed by atoms with van der Waals surface area (Å²) in [6, 6.07) is 1.87. The monoisotopic (exact) mass is 175 g/mol. The SMILES string of the molecule is NC(=O)C1=CNc2cnccc2C1. The van der Waals surface area contributed by atoms with E-state index < -0.39 is 0 Å². The standard InChI is InChI=1S/C9H9N3O/c10-9(13)7-3-6-1-2-11-5-8(6)12-4-7/h1-2,4-5,12H,3H2,(H2,10,13). The van der Waals surface area contributed by atoms with Crippen molar-refractivity contribution in [2.45, 2.75) is 6.42 Å². The fraction of sp³-hybridized carbons (Fsp3) is 0.111. The van der Waals surface area contributed by atoms with Crippen molar-refractivity contribution in [2.24, 2.45) is 5.73 Å². The molecule has 0 radical (unpaired) electrons. The highest BCUT2D eigenvalue weighted by Crippen LogP contribution is 2.21. The van der Waals surface area contributed by atoms with Crippen LogP contribution in [0.15, 0.2) is 30.2 Å². The van der Waals surface area contributed by atoms with Crippen LogP contribution in [0.5, 0.6) is 0 Å². The summed E-state index contributed by atoms with van der Waals surface area (Å²) < 4.78 is 0. The molecule has 2 heterocycles. The first-order valence-electron chi connectivity index (χ1n) is 3.95. The lowest BCUT2D eigenvalue weighted by molar-refractivity contribution is -0.114. The molecule has 2 rings (SSSR count). The van der Waals surface area contributed by atoms with Gasteiger partial charge in [-0.25, -0.2) is 0 Å². The fourth-order valence-electron chi connectivity index (χ4n) is 1.29. The normalized spacial score (nSPS) is 14.0. The number of pyridine rings is 1. The van der Waals surface area contributed by atoms with Gasteiger partial charge in [0.1, 0.15) is 0 Å². The molecule has 1 aromatic rings. The predicted octanol–water partition coefficient (Wildman–Crippen LogP) is 0.419. The zero-order valence-corrected chi connectivity index (χ0v) is 6.95. The fourth-order valence-corrected chi connectivity index (χ4v) is 1.29. The van der Waals surface area contributed by atoms with Crippen LogP contribution in [0.1, 0.15) is 5.56 Å². The molecule has 13 heavy (non-hydrogen) atoms. The number of anilines is 1. The first-order chi connectivity index (χ1) is 6.27. The molecule has 1 aliphatic heterocycles. The second kappa shape index (κ2) is 2.90. The highest BCUT2D eigenvalue weighted by Gasteiger charge is 2.13. The summed E-state index contributed by atoms with van der Waals surface area (Å²) in [6.45, 7) is 0. The lowest BCUT2D eigenvalue weighted by atomic mass is 10.0. The van der Waals surface area contributed by atoms with Crippen molar-refractivity contribution in [3.63, 3.8) is 0 Å². The molecule has 66 valence electrons. The van der Waals surface area contributed by atoms with Gasteiger partial charge in [-0.15, -0.1) is 0 Å². The van der Waals surface area contributed by atoms with E-state index in [0.29, 0.717) is 12.0 Å². The van der Waals surface area contributed by atoms with Crippen molar-refractivity contribution in [1.82, 2.24) is 4.98 Å². The van der Waals surface area contributed by atoms with Crippen LogP contribution in [0.25, 0.3) is 0 Å². The first kappa shape index (κ1) is 7.79. The van der Waals surface area contributed by atoms with Gasteiger partial charge in [0.05, 0.1) is 11.9 Å². The van der Waals surface area contributed by atoms with Crippen LogP contribution in [0.3, 0.4) is 0 Å². The summed E-state index contributed by atoms with van der Waals surface area (Å²) in [5.74, 6) is -0.380.